The first-order valence-corrected chi connectivity index (χ1v) is 8.70. The standard InChI is InChI=1S/C17H33N3O3/c1-10(2)14-6-5-11(3)7-15(14)17(23)19-8-13(9-21)20-16(22)12(4)18/h10-15,21H,5-9,18H2,1-4H3,(H,19,23)(H,20,22)/t11-,12?,13?,14+,15-/m1/s1. The summed E-state index contributed by atoms with van der Waals surface area (Å²) in [5, 5.41) is 14.9. The van der Waals surface area contributed by atoms with E-state index >= 15 is 0 Å². The summed E-state index contributed by atoms with van der Waals surface area (Å²) in [5.41, 5.74) is 5.50. The van der Waals surface area contributed by atoms with Crippen molar-refractivity contribution in [2.75, 3.05) is 13.2 Å². The summed E-state index contributed by atoms with van der Waals surface area (Å²) in [7, 11) is 0. The zero-order chi connectivity index (χ0) is 17.6. The average molecular weight is 327 g/mol. The van der Waals surface area contributed by atoms with Crippen LogP contribution < -0.4 is 16.4 Å². The molecule has 1 aliphatic rings. The first-order valence-electron chi connectivity index (χ1n) is 8.70. The molecule has 2 amide bonds. The molecule has 6 heteroatoms. The van der Waals surface area contributed by atoms with Crippen LogP contribution in [0.5, 0.6) is 0 Å². The molecule has 0 spiro atoms. The maximum Gasteiger partial charge on any atom is 0.236 e. The molecule has 23 heavy (non-hydrogen) atoms. The molecule has 0 radical (unpaired) electrons. The van der Waals surface area contributed by atoms with Gasteiger partial charge in [-0.3, -0.25) is 9.59 Å². The van der Waals surface area contributed by atoms with Crippen LogP contribution >= 0.6 is 0 Å². The summed E-state index contributed by atoms with van der Waals surface area (Å²) in [4.78, 5) is 24.2. The van der Waals surface area contributed by atoms with Crippen LogP contribution in [0.15, 0.2) is 0 Å². The molecule has 0 bridgehead atoms. The van der Waals surface area contributed by atoms with Gasteiger partial charge < -0.3 is 21.5 Å². The van der Waals surface area contributed by atoms with Gasteiger partial charge in [0, 0.05) is 12.5 Å². The lowest BCUT2D eigenvalue weighted by atomic mass is 9.70. The molecular weight excluding hydrogens is 294 g/mol. The van der Waals surface area contributed by atoms with E-state index in [0.717, 1.165) is 12.8 Å². The second kappa shape index (κ2) is 9.23. The van der Waals surface area contributed by atoms with Crippen molar-refractivity contribution >= 4 is 11.8 Å². The van der Waals surface area contributed by atoms with Crippen molar-refractivity contribution in [3.63, 3.8) is 0 Å². The summed E-state index contributed by atoms with van der Waals surface area (Å²) < 4.78 is 0. The summed E-state index contributed by atoms with van der Waals surface area (Å²) in [6.07, 6.45) is 3.17. The van der Waals surface area contributed by atoms with Crippen molar-refractivity contribution in [2.45, 2.75) is 59.0 Å². The SMILES string of the molecule is CC(N)C(=O)NC(CO)CNC(=O)[C@@H]1C[C@H](C)CC[C@H]1C(C)C. The van der Waals surface area contributed by atoms with Crippen molar-refractivity contribution in [1.82, 2.24) is 10.6 Å². The number of amides is 2. The van der Waals surface area contributed by atoms with Gasteiger partial charge in [0.05, 0.1) is 18.7 Å². The van der Waals surface area contributed by atoms with Gasteiger partial charge in [0.2, 0.25) is 11.8 Å². The minimum Gasteiger partial charge on any atom is -0.394 e. The molecule has 6 nitrogen and oxygen atoms in total. The van der Waals surface area contributed by atoms with Crippen molar-refractivity contribution in [1.29, 1.82) is 0 Å². The Kier molecular flexibility index (Phi) is 7.99. The Morgan fingerprint density at radius 3 is 2.43 bits per heavy atom. The van der Waals surface area contributed by atoms with E-state index in [1.807, 2.05) is 0 Å². The molecule has 0 aromatic carbocycles. The fraction of sp³-hybridized carbons (Fsp3) is 0.882. The summed E-state index contributed by atoms with van der Waals surface area (Å²) in [5.74, 6) is 1.16. The van der Waals surface area contributed by atoms with Crippen LogP contribution in [0, 0.1) is 23.7 Å². The van der Waals surface area contributed by atoms with Crippen LogP contribution in [0.2, 0.25) is 0 Å². The molecule has 1 rings (SSSR count). The number of aliphatic hydroxyl groups excluding tert-OH is 1. The molecule has 134 valence electrons. The maximum absolute atomic E-state index is 12.6. The zero-order valence-corrected chi connectivity index (χ0v) is 14.8. The lowest BCUT2D eigenvalue weighted by Crippen LogP contribution is -2.51. The highest BCUT2D eigenvalue weighted by atomic mass is 16.3. The topological polar surface area (TPSA) is 104 Å². The van der Waals surface area contributed by atoms with E-state index in [1.54, 1.807) is 6.92 Å². The molecule has 0 aliphatic heterocycles. The van der Waals surface area contributed by atoms with Gasteiger partial charge in [0.1, 0.15) is 0 Å². The lowest BCUT2D eigenvalue weighted by Gasteiger charge is -2.36. The predicted molar refractivity (Wildman–Crippen MR) is 90.5 cm³/mol. The molecule has 5 N–H and O–H groups in total. The molecular formula is C17H33N3O3. The number of hydrogen-bond donors (Lipinski definition) is 4. The van der Waals surface area contributed by atoms with Crippen LogP contribution in [0.25, 0.3) is 0 Å². The molecule has 0 aromatic heterocycles. The third-order valence-electron chi connectivity index (χ3n) is 4.86. The number of aliphatic hydroxyl groups is 1. The first-order chi connectivity index (χ1) is 10.8. The monoisotopic (exact) mass is 327 g/mol. The van der Waals surface area contributed by atoms with E-state index in [1.165, 1.54) is 6.42 Å². The maximum atomic E-state index is 12.6. The average Bonchev–Trinajstić information content (AvgIpc) is 2.50. The van der Waals surface area contributed by atoms with Crippen molar-refractivity contribution in [3.8, 4) is 0 Å². The van der Waals surface area contributed by atoms with Crippen LogP contribution in [-0.4, -0.2) is 42.2 Å². The smallest absolute Gasteiger partial charge is 0.236 e. The van der Waals surface area contributed by atoms with Crippen molar-refractivity contribution in [3.05, 3.63) is 0 Å². The van der Waals surface area contributed by atoms with Gasteiger partial charge in [-0.2, -0.15) is 0 Å². The Balaban J connectivity index is 2.57. The van der Waals surface area contributed by atoms with Crippen LogP contribution in [-0.2, 0) is 9.59 Å². The minimum atomic E-state index is -0.635. The minimum absolute atomic E-state index is 0.0160. The van der Waals surface area contributed by atoms with Gasteiger partial charge in [-0.05, 0) is 37.5 Å². The van der Waals surface area contributed by atoms with Crippen molar-refractivity contribution < 1.29 is 14.7 Å². The highest BCUT2D eigenvalue weighted by Gasteiger charge is 2.35. The van der Waals surface area contributed by atoms with Crippen LogP contribution in [0.3, 0.4) is 0 Å². The third-order valence-corrected chi connectivity index (χ3v) is 4.86. The Labute approximate surface area is 139 Å². The van der Waals surface area contributed by atoms with Gasteiger partial charge in [-0.1, -0.05) is 27.2 Å². The first kappa shape index (κ1) is 19.9. The van der Waals surface area contributed by atoms with E-state index in [4.69, 9.17) is 5.73 Å². The summed E-state index contributed by atoms with van der Waals surface area (Å²) in [6.45, 7) is 8.10. The second-order valence-electron chi connectivity index (χ2n) is 7.35. The number of hydrogen-bond acceptors (Lipinski definition) is 4. The quantitative estimate of drug-likeness (QED) is 0.550. The van der Waals surface area contributed by atoms with E-state index in [-0.39, 0.29) is 30.9 Å². The number of nitrogens with two attached hydrogens (primary N) is 1. The summed E-state index contributed by atoms with van der Waals surface area (Å²) in [6, 6.07) is -1.14. The predicted octanol–water partition coefficient (Wildman–Crippen LogP) is 0.635. The third kappa shape index (κ3) is 6.11. The Morgan fingerprint density at radius 1 is 1.26 bits per heavy atom. The van der Waals surface area contributed by atoms with Gasteiger partial charge in [-0.15, -0.1) is 0 Å². The van der Waals surface area contributed by atoms with Crippen LogP contribution in [0.4, 0.5) is 0 Å². The number of rotatable bonds is 7. The largest absolute Gasteiger partial charge is 0.394 e. The highest BCUT2D eigenvalue weighted by Crippen LogP contribution is 2.38. The fourth-order valence-electron chi connectivity index (χ4n) is 3.35. The molecule has 5 atom stereocenters. The van der Waals surface area contributed by atoms with E-state index in [9.17, 15) is 14.7 Å². The Hall–Kier alpha value is -1.14. The van der Waals surface area contributed by atoms with E-state index in [0.29, 0.717) is 17.8 Å². The zero-order valence-electron chi connectivity index (χ0n) is 14.8. The number of nitrogens with one attached hydrogen (secondary N) is 2. The van der Waals surface area contributed by atoms with Gasteiger partial charge in [-0.25, -0.2) is 0 Å². The van der Waals surface area contributed by atoms with E-state index in [2.05, 4.69) is 31.4 Å². The van der Waals surface area contributed by atoms with Crippen LogP contribution in [0.1, 0.15) is 47.0 Å². The van der Waals surface area contributed by atoms with Crippen molar-refractivity contribution in [2.24, 2.45) is 29.4 Å². The molecule has 2 unspecified atom stereocenters. The van der Waals surface area contributed by atoms with Gasteiger partial charge >= 0.3 is 0 Å². The number of carbonyl (C=O) groups is 2. The molecule has 0 saturated heterocycles. The molecule has 1 saturated carbocycles. The molecule has 0 aromatic rings. The molecule has 1 fully saturated rings. The summed E-state index contributed by atoms with van der Waals surface area (Å²) >= 11 is 0. The lowest BCUT2D eigenvalue weighted by molar-refractivity contribution is -0.130. The second-order valence-corrected chi connectivity index (χ2v) is 7.35. The van der Waals surface area contributed by atoms with Gasteiger partial charge in [0.25, 0.3) is 0 Å². The van der Waals surface area contributed by atoms with Gasteiger partial charge in [0.15, 0.2) is 0 Å². The Bertz CT molecular complexity index is 399. The fourth-order valence-corrected chi connectivity index (χ4v) is 3.35. The van der Waals surface area contributed by atoms with E-state index < -0.39 is 12.1 Å². The normalized spacial score (nSPS) is 27.3. The Morgan fingerprint density at radius 2 is 1.91 bits per heavy atom. The number of carbonyl (C=O) groups excluding carboxylic acids is 2. The molecule has 1 aliphatic carbocycles. The molecule has 0 heterocycles. The highest BCUT2D eigenvalue weighted by molar-refractivity contribution is 5.81.